The minimum Gasteiger partial charge on any atom is -0.335 e. The van der Waals surface area contributed by atoms with E-state index in [1.807, 2.05) is 22.7 Å². The molecule has 19 heavy (non-hydrogen) atoms. The van der Waals surface area contributed by atoms with Gasteiger partial charge in [0.05, 0.1) is 0 Å². The molecule has 1 heterocycles. The van der Waals surface area contributed by atoms with Crippen molar-refractivity contribution >= 4 is 17.8 Å². The zero-order valence-electron chi connectivity index (χ0n) is 11.0. The van der Waals surface area contributed by atoms with Gasteiger partial charge in [-0.05, 0) is 37.3 Å². The Balaban J connectivity index is 1.42. The molecule has 0 radical (unpaired) electrons. The highest BCUT2D eigenvalue weighted by molar-refractivity contribution is 7.99. The summed E-state index contributed by atoms with van der Waals surface area (Å²) in [5.74, 6) is 1.74. The number of hydrogen-bond acceptors (Lipinski definition) is 2. The van der Waals surface area contributed by atoms with Crippen LogP contribution < -0.4 is 5.32 Å². The van der Waals surface area contributed by atoms with Crippen LogP contribution in [0.25, 0.3) is 0 Å². The van der Waals surface area contributed by atoms with E-state index < -0.39 is 0 Å². The second-order valence-electron chi connectivity index (χ2n) is 5.45. The number of nitrogens with one attached hydrogen (secondary N) is 1. The van der Waals surface area contributed by atoms with Crippen LogP contribution in [0, 0.1) is 5.92 Å². The summed E-state index contributed by atoms with van der Waals surface area (Å²) in [4.78, 5) is 15.2. The molecule has 2 fully saturated rings. The van der Waals surface area contributed by atoms with Gasteiger partial charge in [0, 0.05) is 29.8 Å². The lowest BCUT2D eigenvalue weighted by molar-refractivity contribution is 0.207. The standard InChI is InChI=1S/C15H20N2OS/c18-15(16-13-6-7-13)17-9-8-12(10-17)11-19-14-4-2-1-3-5-14/h1-5,12-13H,6-11H2,(H,16,18). The van der Waals surface area contributed by atoms with Crippen LogP contribution in [-0.4, -0.2) is 35.8 Å². The predicted octanol–water partition coefficient (Wildman–Crippen LogP) is 2.97. The van der Waals surface area contributed by atoms with Crippen LogP contribution in [-0.2, 0) is 0 Å². The molecule has 1 N–H and O–H groups in total. The molecule has 1 atom stereocenters. The van der Waals surface area contributed by atoms with Crippen molar-refractivity contribution in [3.05, 3.63) is 30.3 Å². The second kappa shape index (κ2) is 5.87. The van der Waals surface area contributed by atoms with Gasteiger partial charge in [-0.15, -0.1) is 11.8 Å². The number of carbonyl (C=O) groups is 1. The fraction of sp³-hybridized carbons (Fsp3) is 0.533. The second-order valence-corrected chi connectivity index (χ2v) is 6.54. The van der Waals surface area contributed by atoms with Crippen LogP contribution in [0.2, 0.25) is 0 Å². The first kappa shape index (κ1) is 12.9. The fourth-order valence-corrected chi connectivity index (χ4v) is 3.43. The van der Waals surface area contributed by atoms with E-state index in [-0.39, 0.29) is 6.03 Å². The highest BCUT2D eigenvalue weighted by atomic mass is 32.2. The van der Waals surface area contributed by atoms with E-state index in [2.05, 4.69) is 29.6 Å². The molecule has 1 saturated heterocycles. The number of urea groups is 1. The number of hydrogen-bond donors (Lipinski definition) is 1. The first-order valence-electron chi connectivity index (χ1n) is 7.04. The van der Waals surface area contributed by atoms with Crippen molar-refractivity contribution in [1.29, 1.82) is 0 Å². The summed E-state index contributed by atoms with van der Waals surface area (Å²) >= 11 is 1.90. The number of thioether (sulfide) groups is 1. The highest BCUT2D eigenvalue weighted by Gasteiger charge is 2.30. The van der Waals surface area contributed by atoms with Crippen LogP contribution in [0.3, 0.4) is 0 Å². The minimum atomic E-state index is 0.148. The molecule has 1 aromatic rings. The third-order valence-electron chi connectivity index (χ3n) is 3.71. The van der Waals surface area contributed by atoms with Crippen molar-refractivity contribution in [2.24, 2.45) is 5.92 Å². The lowest BCUT2D eigenvalue weighted by Crippen LogP contribution is -2.39. The molecule has 2 aliphatic rings. The van der Waals surface area contributed by atoms with E-state index in [0.717, 1.165) is 38.1 Å². The van der Waals surface area contributed by atoms with Gasteiger partial charge in [0.1, 0.15) is 0 Å². The SMILES string of the molecule is O=C(NC1CC1)N1CCC(CSc2ccccc2)C1. The summed E-state index contributed by atoms with van der Waals surface area (Å²) in [5.41, 5.74) is 0. The summed E-state index contributed by atoms with van der Waals surface area (Å²) in [5, 5.41) is 3.07. The molecule has 3 nitrogen and oxygen atoms in total. The molecule has 1 unspecified atom stereocenters. The molecule has 0 spiro atoms. The lowest BCUT2D eigenvalue weighted by Gasteiger charge is -2.17. The smallest absolute Gasteiger partial charge is 0.317 e. The summed E-state index contributed by atoms with van der Waals surface area (Å²) in [6.45, 7) is 1.83. The van der Waals surface area contributed by atoms with E-state index in [9.17, 15) is 4.79 Å². The largest absolute Gasteiger partial charge is 0.335 e. The van der Waals surface area contributed by atoms with E-state index >= 15 is 0 Å². The highest BCUT2D eigenvalue weighted by Crippen LogP contribution is 2.26. The lowest BCUT2D eigenvalue weighted by atomic mass is 10.2. The summed E-state index contributed by atoms with van der Waals surface area (Å²) in [6.07, 6.45) is 3.46. The van der Waals surface area contributed by atoms with Gasteiger partial charge in [-0.3, -0.25) is 0 Å². The van der Waals surface area contributed by atoms with Crippen molar-refractivity contribution in [3.8, 4) is 0 Å². The quantitative estimate of drug-likeness (QED) is 0.858. The number of likely N-dealkylation sites (tertiary alicyclic amines) is 1. The summed E-state index contributed by atoms with van der Waals surface area (Å²) in [6, 6.07) is 11.1. The molecule has 1 aliphatic heterocycles. The number of amides is 2. The Morgan fingerprint density at radius 2 is 2.05 bits per heavy atom. The van der Waals surface area contributed by atoms with Gasteiger partial charge in [0.2, 0.25) is 0 Å². The number of nitrogens with zero attached hydrogens (tertiary/aromatic N) is 1. The van der Waals surface area contributed by atoms with Crippen molar-refractivity contribution in [2.45, 2.75) is 30.2 Å². The molecular weight excluding hydrogens is 256 g/mol. The van der Waals surface area contributed by atoms with E-state index in [4.69, 9.17) is 0 Å². The van der Waals surface area contributed by atoms with E-state index in [1.165, 1.54) is 4.90 Å². The monoisotopic (exact) mass is 276 g/mol. The van der Waals surface area contributed by atoms with Crippen LogP contribution >= 0.6 is 11.8 Å². The van der Waals surface area contributed by atoms with Crippen molar-refractivity contribution in [1.82, 2.24) is 10.2 Å². The molecule has 3 rings (SSSR count). The van der Waals surface area contributed by atoms with E-state index in [0.29, 0.717) is 12.0 Å². The molecule has 102 valence electrons. The molecule has 4 heteroatoms. The number of carbonyl (C=O) groups excluding carboxylic acids is 1. The normalized spacial score (nSPS) is 22.5. The zero-order valence-corrected chi connectivity index (χ0v) is 11.9. The average Bonchev–Trinajstić information content (AvgIpc) is 3.12. The maximum Gasteiger partial charge on any atom is 0.317 e. The van der Waals surface area contributed by atoms with Gasteiger partial charge in [-0.1, -0.05) is 18.2 Å². The van der Waals surface area contributed by atoms with Crippen LogP contribution in [0.4, 0.5) is 4.79 Å². The minimum absolute atomic E-state index is 0.148. The molecule has 0 bridgehead atoms. The number of benzene rings is 1. The topological polar surface area (TPSA) is 32.3 Å². The predicted molar refractivity (Wildman–Crippen MR) is 78.4 cm³/mol. The fourth-order valence-electron chi connectivity index (χ4n) is 2.38. The third-order valence-corrected chi connectivity index (χ3v) is 4.95. The van der Waals surface area contributed by atoms with Crippen molar-refractivity contribution in [2.75, 3.05) is 18.8 Å². The van der Waals surface area contributed by atoms with Crippen molar-refractivity contribution < 1.29 is 4.79 Å². The van der Waals surface area contributed by atoms with E-state index in [1.54, 1.807) is 0 Å². The Labute approximate surface area is 118 Å². The van der Waals surface area contributed by atoms with Crippen LogP contribution in [0.1, 0.15) is 19.3 Å². The Kier molecular flexibility index (Phi) is 3.97. The molecule has 2 amide bonds. The first-order valence-corrected chi connectivity index (χ1v) is 8.03. The molecule has 0 aromatic heterocycles. The average molecular weight is 276 g/mol. The van der Waals surface area contributed by atoms with Gasteiger partial charge in [-0.25, -0.2) is 4.79 Å². The Morgan fingerprint density at radius 3 is 2.79 bits per heavy atom. The van der Waals surface area contributed by atoms with Gasteiger partial charge < -0.3 is 10.2 Å². The van der Waals surface area contributed by atoms with Gasteiger partial charge >= 0.3 is 6.03 Å². The maximum absolute atomic E-state index is 11.9. The maximum atomic E-state index is 11.9. The van der Waals surface area contributed by atoms with Gasteiger partial charge in [0.25, 0.3) is 0 Å². The molecule has 1 aliphatic carbocycles. The molecule has 1 saturated carbocycles. The van der Waals surface area contributed by atoms with Crippen LogP contribution in [0.5, 0.6) is 0 Å². The first-order chi connectivity index (χ1) is 9.31. The van der Waals surface area contributed by atoms with Crippen LogP contribution in [0.15, 0.2) is 35.2 Å². The molecule has 1 aromatic carbocycles. The van der Waals surface area contributed by atoms with Crippen molar-refractivity contribution in [3.63, 3.8) is 0 Å². The van der Waals surface area contributed by atoms with Gasteiger partial charge in [-0.2, -0.15) is 0 Å². The Hall–Kier alpha value is -1.16. The number of rotatable bonds is 4. The van der Waals surface area contributed by atoms with Gasteiger partial charge in [0.15, 0.2) is 0 Å². The Morgan fingerprint density at radius 1 is 1.26 bits per heavy atom. The zero-order chi connectivity index (χ0) is 13.1. The third kappa shape index (κ3) is 3.66. The Bertz CT molecular complexity index is 433. The summed E-state index contributed by atoms with van der Waals surface area (Å²) < 4.78 is 0. The summed E-state index contributed by atoms with van der Waals surface area (Å²) in [7, 11) is 0. The molecular formula is C15H20N2OS.